The minimum Gasteiger partial charge on any atom is -0.493 e. The van der Waals surface area contributed by atoms with Gasteiger partial charge in [0.15, 0.2) is 11.5 Å². The SMILES string of the molecule is COc1ccccc1OC(C)CNc1ccccc1OCC1CCCO1. The number of nitrogens with one attached hydrogen (secondary N) is 1. The van der Waals surface area contributed by atoms with Gasteiger partial charge in [-0.3, -0.25) is 0 Å². The normalized spacial score (nSPS) is 17.5. The molecule has 1 heterocycles. The Kier molecular flexibility index (Phi) is 6.61. The maximum absolute atomic E-state index is 5.99. The number of hydrogen-bond donors (Lipinski definition) is 1. The number of anilines is 1. The smallest absolute Gasteiger partial charge is 0.161 e. The van der Waals surface area contributed by atoms with E-state index in [4.69, 9.17) is 18.9 Å². The molecule has 0 bridgehead atoms. The monoisotopic (exact) mass is 357 g/mol. The fourth-order valence-electron chi connectivity index (χ4n) is 2.93. The van der Waals surface area contributed by atoms with E-state index in [-0.39, 0.29) is 12.2 Å². The molecule has 2 unspecified atom stereocenters. The predicted octanol–water partition coefficient (Wildman–Crippen LogP) is 4.13. The van der Waals surface area contributed by atoms with E-state index in [0.717, 1.165) is 42.4 Å². The summed E-state index contributed by atoms with van der Waals surface area (Å²) in [7, 11) is 1.65. The van der Waals surface area contributed by atoms with Crippen molar-refractivity contribution in [1.82, 2.24) is 0 Å². The van der Waals surface area contributed by atoms with Crippen molar-refractivity contribution in [3.05, 3.63) is 48.5 Å². The van der Waals surface area contributed by atoms with E-state index in [1.165, 1.54) is 0 Å². The molecular formula is C21H27NO4. The highest BCUT2D eigenvalue weighted by atomic mass is 16.5. The standard InChI is InChI=1S/C21H27NO4/c1-16(26-21-12-6-5-11-20(21)23-2)14-22-18-9-3-4-10-19(18)25-15-17-8-7-13-24-17/h3-6,9-12,16-17,22H,7-8,13-15H2,1-2H3. The molecule has 0 radical (unpaired) electrons. The van der Waals surface area contributed by atoms with Crippen molar-refractivity contribution in [3.8, 4) is 17.2 Å². The summed E-state index contributed by atoms with van der Waals surface area (Å²) in [5, 5.41) is 3.41. The van der Waals surface area contributed by atoms with Crippen molar-refractivity contribution >= 4 is 5.69 Å². The lowest BCUT2D eigenvalue weighted by atomic mass is 10.2. The molecule has 5 nitrogen and oxygen atoms in total. The maximum Gasteiger partial charge on any atom is 0.161 e. The van der Waals surface area contributed by atoms with E-state index in [9.17, 15) is 0 Å². The molecule has 1 aliphatic rings. The number of para-hydroxylation sites is 4. The van der Waals surface area contributed by atoms with Crippen LogP contribution in [0.3, 0.4) is 0 Å². The third-order valence-electron chi connectivity index (χ3n) is 4.31. The van der Waals surface area contributed by atoms with Gasteiger partial charge in [0.2, 0.25) is 0 Å². The van der Waals surface area contributed by atoms with Crippen LogP contribution in [0.15, 0.2) is 48.5 Å². The second kappa shape index (κ2) is 9.34. The maximum atomic E-state index is 5.99. The van der Waals surface area contributed by atoms with Crippen molar-refractivity contribution in [1.29, 1.82) is 0 Å². The summed E-state index contributed by atoms with van der Waals surface area (Å²) in [5.74, 6) is 2.32. The molecule has 0 amide bonds. The van der Waals surface area contributed by atoms with Gasteiger partial charge in [0.1, 0.15) is 18.5 Å². The minimum absolute atomic E-state index is 0.0301. The molecule has 1 saturated heterocycles. The van der Waals surface area contributed by atoms with E-state index in [2.05, 4.69) is 5.32 Å². The highest BCUT2D eigenvalue weighted by Gasteiger charge is 2.17. The fourth-order valence-corrected chi connectivity index (χ4v) is 2.93. The molecule has 5 heteroatoms. The molecule has 1 fully saturated rings. The van der Waals surface area contributed by atoms with Crippen molar-refractivity contribution in [3.63, 3.8) is 0 Å². The summed E-state index contributed by atoms with van der Waals surface area (Å²) in [6.45, 7) is 4.10. The second-order valence-electron chi connectivity index (χ2n) is 6.40. The van der Waals surface area contributed by atoms with Gasteiger partial charge in [0.25, 0.3) is 0 Å². The zero-order valence-electron chi connectivity index (χ0n) is 15.4. The molecule has 26 heavy (non-hydrogen) atoms. The van der Waals surface area contributed by atoms with E-state index in [1.807, 2.05) is 55.5 Å². The Bertz CT molecular complexity index is 685. The van der Waals surface area contributed by atoms with Gasteiger partial charge in [-0.05, 0) is 44.0 Å². The molecule has 1 N–H and O–H groups in total. The Morgan fingerprint density at radius 2 is 1.81 bits per heavy atom. The molecular weight excluding hydrogens is 330 g/mol. The molecule has 2 aromatic rings. The van der Waals surface area contributed by atoms with Gasteiger partial charge >= 0.3 is 0 Å². The van der Waals surface area contributed by atoms with Crippen molar-refractivity contribution in [2.45, 2.75) is 32.0 Å². The lowest BCUT2D eigenvalue weighted by Gasteiger charge is -2.19. The van der Waals surface area contributed by atoms with Crippen LogP contribution in [0.5, 0.6) is 17.2 Å². The first-order chi connectivity index (χ1) is 12.8. The average molecular weight is 357 g/mol. The first-order valence-electron chi connectivity index (χ1n) is 9.13. The van der Waals surface area contributed by atoms with Gasteiger partial charge < -0.3 is 24.3 Å². The third kappa shape index (κ3) is 5.05. The van der Waals surface area contributed by atoms with Gasteiger partial charge in [0, 0.05) is 6.61 Å². The van der Waals surface area contributed by atoms with Crippen LogP contribution in [-0.2, 0) is 4.74 Å². The van der Waals surface area contributed by atoms with E-state index >= 15 is 0 Å². The first-order valence-corrected chi connectivity index (χ1v) is 9.13. The molecule has 2 aromatic carbocycles. The fraction of sp³-hybridized carbons (Fsp3) is 0.429. The van der Waals surface area contributed by atoms with Gasteiger partial charge in [-0.15, -0.1) is 0 Å². The van der Waals surface area contributed by atoms with Gasteiger partial charge in [-0.25, -0.2) is 0 Å². The minimum atomic E-state index is -0.0301. The van der Waals surface area contributed by atoms with Crippen LogP contribution in [0.1, 0.15) is 19.8 Å². The molecule has 2 atom stereocenters. The number of rotatable bonds is 9. The van der Waals surface area contributed by atoms with Crippen LogP contribution < -0.4 is 19.5 Å². The molecule has 0 spiro atoms. The summed E-state index contributed by atoms with van der Waals surface area (Å²) >= 11 is 0. The van der Waals surface area contributed by atoms with Gasteiger partial charge in [-0.1, -0.05) is 24.3 Å². The first kappa shape index (κ1) is 18.4. The molecule has 3 rings (SSSR count). The van der Waals surface area contributed by atoms with Crippen molar-refractivity contribution in [2.75, 3.05) is 32.2 Å². The van der Waals surface area contributed by atoms with Crippen LogP contribution in [-0.4, -0.2) is 39.1 Å². The number of benzene rings is 2. The molecule has 1 aliphatic heterocycles. The van der Waals surface area contributed by atoms with Crippen molar-refractivity contribution in [2.24, 2.45) is 0 Å². The summed E-state index contributed by atoms with van der Waals surface area (Å²) in [6, 6.07) is 15.6. The summed E-state index contributed by atoms with van der Waals surface area (Å²) in [5.41, 5.74) is 0.959. The summed E-state index contributed by atoms with van der Waals surface area (Å²) in [6.07, 6.45) is 2.36. The van der Waals surface area contributed by atoms with E-state index in [1.54, 1.807) is 7.11 Å². The zero-order chi connectivity index (χ0) is 18.2. The van der Waals surface area contributed by atoms with Crippen molar-refractivity contribution < 1.29 is 18.9 Å². The van der Waals surface area contributed by atoms with Gasteiger partial charge in [-0.2, -0.15) is 0 Å². The summed E-state index contributed by atoms with van der Waals surface area (Å²) in [4.78, 5) is 0. The molecule has 0 aromatic heterocycles. The Labute approximate surface area is 155 Å². The zero-order valence-corrected chi connectivity index (χ0v) is 15.4. The molecule has 140 valence electrons. The quantitative estimate of drug-likeness (QED) is 0.731. The Morgan fingerprint density at radius 1 is 1.08 bits per heavy atom. The number of methoxy groups -OCH3 is 1. The van der Waals surface area contributed by atoms with Gasteiger partial charge in [0.05, 0.1) is 25.4 Å². The lowest BCUT2D eigenvalue weighted by Crippen LogP contribution is -2.23. The Hall–Kier alpha value is -2.40. The molecule has 0 saturated carbocycles. The van der Waals surface area contributed by atoms with Crippen LogP contribution in [0.4, 0.5) is 5.69 Å². The van der Waals surface area contributed by atoms with Crippen LogP contribution in [0.25, 0.3) is 0 Å². The van der Waals surface area contributed by atoms with E-state index in [0.29, 0.717) is 13.2 Å². The Balaban J connectivity index is 1.53. The largest absolute Gasteiger partial charge is 0.493 e. The average Bonchev–Trinajstić information content (AvgIpc) is 3.19. The van der Waals surface area contributed by atoms with E-state index < -0.39 is 0 Å². The summed E-state index contributed by atoms with van der Waals surface area (Å²) < 4.78 is 22.9. The highest BCUT2D eigenvalue weighted by Crippen LogP contribution is 2.28. The lowest BCUT2D eigenvalue weighted by molar-refractivity contribution is 0.0682. The topological polar surface area (TPSA) is 49.0 Å². The highest BCUT2D eigenvalue weighted by molar-refractivity contribution is 5.56. The second-order valence-corrected chi connectivity index (χ2v) is 6.40. The number of ether oxygens (including phenoxy) is 4. The predicted molar refractivity (Wildman–Crippen MR) is 102 cm³/mol. The molecule has 0 aliphatic carbocycles. The number of hydrogen-bond acceptors (Lipinski definition) is 5. The Morgan fingerprint density at radius 3 is 2.54 bits per heavy atom. The third-order valence-corrected chi connectivity index (χ3v) is 4.31. The van der Waals surface area contributed by atoms with Crippen LogP contribution in [0, 0.1) is 0 Å². The van der Waals surface area contributed by atoms with Crippen LogP contribution >= 0.6 is 0 Å². The van der Waals surface area contributed by atoms with Crippen LogP contribution in [0.2, 0.25) is 0 Å².